The summed E-state index contributed by atoms with van der Waals surface area (Å²) in [6, 6.07) is -0.540. The van der Waals surface area contributed by atoms with Gasteiger partial charge in [-0.3, -0.25) is 9.59 Å². The summed E-state index contributed by atoms with van der Waals surface area (Å²) in [5.41, 5.74) is 0. The first-order valence-electron chi connectivity index (χ1n) is 34.4. The first kappa shape index (κ1) is 73.6. The predicted molar refractivity (Wildman–Crippen MR) is 329 cm³/mol. The van der Waals surface area contributed by atoms with E-state index >= 15 is 0 Å². The molecule has 0 aromatic rings. The molecule has 0 fully saturated rings. The van der Waals surface area contributed by atoms with Gasteiger partial charge in [-0.25, -0.2) is 0 Å². The lowest BCUT2D eigenvalue weighted by atomic mass is 10.0. The fourth-order valence-corrected chi connectivity index (χ4v) is 11.1. The van der Waals surface area contributed by atoms with E-state index in [-0.39, 0.29) is 18.5 Å². The summed E-state index contributed by atoms with van der Waals surface area (Å²) in [7, 11) is 0. The Kier molecular flexibility index (Phi) is 63.9. The molecule has 6 heteroatoms. The number of ether oxygens (including phenoxy) is 1. The van der Waals surface area contributed by atoms with E-state index < -0.39 is 12.1 Å². The van der Waals surface area contributed by atoms with Gasteiger partial charge in [0.05, 0.1) is 25.4 Å². The number of rotatable bonds is 65. The van der Waals surface area contributed by atoms with E-state index in [1.807, 2.05) is 0 Å². The number of hydrogen-bond acceptors (Lipinski definition) is 5. The molecule has 0 aromatic carbocycles. The van der Waals surface area contributed by atoms with Crippen LogP contribution >= 0.6 is 0 Å². The lowest BCUT2D eigenvalue weighted by Crippen LogP contribution is -2.45. The topological polar surface area (TPSA) is 95.9 Å². The highest BCUT2D eigenvalue weighted by Gasteiger charge is 2.20. The number of hydrogen-bond donors (Lipinski definition) is 3. The van der Waals surface area contributed by atoms with Crippen molar-refractivity contribution in [2.45, 2.75) is 405 Å². The Morgan fingerprint density at radius 1 is 0.360 bits per heavy atom. The molecule has 6 nitrogen and oxygen atoms in total. The number of aliphatic hydroxyl groups excluding tert-OH is 2. The van der Waals surface area contributed by atoms with Gasteiger partial charge in [0.1, 0.15) is 0 Å². The summed E-state index contributed by atoms with van der Waals surface area (Å²) in [5, 5.41) is 23.3. The maximum atomic E-state index is 12.5. The van der Waals surface area contributed by atoms with E-state index in [0.29, 0.717) is 25.9 Å². The smallest absolute Gasteiger partial charge is 0.305 e. The Morgan fingerprint density at radius 3 is 0.947 bits per heavy atom. The number of amides is 1. The third-order valence-corrected chi connectivity index (χ3v) is 16.3. The zero-order chi connectivity index (χ0) is 54.3. The molecule has 446 valence electrons. The number of unbranched alkanes of at least 4 members (excludes halogenated alkanes) is 52. The number of aliphatic hydroxyl groups is 2. The average molecular weight is 1060 g/mol. The Labute approximate surface area is 469 Å². The molecule has 0 aliphatic heterocycles. The quantitative estimate of drug-likeness (QED) is 0.0320. The highest BCUT2D eigenvalue weighted by molar-refractivity contribution is 5.76. The van der Waals surface area contributed by atoms with E-state index in [2.05, 4.69) is 31.3 Å². The Balaban J connectivity index is 3.34. The standard InChI is InChI=1S/C69H135NO5/c1-3-5-7-9-11-13-15-17-19-20-27-31-35-39-43-47-51-55-59-63-69(74)75-64-60-56-52-48-44-40-36-32-29-26-24-22-21-23-25-28-30-34-38-42-46-50-54-58-62-68(73)70-66(65-71)67(72)61-57-53-49-45-41-37-33-18-16-14-12-10-8-6-4-2/h17,19,66-67,71-72H,3-16,18,20-65H2,1-2H3,(H,70,73)/b19-17-. The lowest BCUT2D eigenvalue weighted by Gasteiger charge is -2.22. The van der Waals surface area contributed by atoms with E-state index in [4.69, 9.17) is 4.74 Å². The van der Waals surface area contributed by atoms with Gasteiger partial charge in [-0.1, -0.05) is 341 Å². The molecule has 0 saturated carbocycles. The highest BCUT2D eigenvalue weighted by Crippen LogP contribution is 2.19. The van der Waals surface area contributed by atoms with Crippen LogP contribution in [0.15, 0.2) is 12.2 Å². The maximum Gasteiger partial charge on any atom is 0.305 e. The van der Waals surface area contributed by atoms with Crippen molar-refractivity contribution in [1.82, 2.24) is 5.32 Å². The lowest BCUT2D eigenvalue weighted by molar-refractivity contribution is -0.143. The van der Waals surface area contributed by atoms with Crippen LogP contribution in [-0.2, 0) is 14.3 Å². The summed E-state index contributed by atoms with van der Waals surface area (Å²) >= 11 is 0. The first-order valence-corrected chi connectivity index (χ1v) is 34.4. The van der Waals surface area contributed by atoms with Crippen molar-refractivity contribution in [2.75, 3.05) is 13.2 Å². The number of allylic oxidation sites excluding steroid dienone is 2. The molecule has 0 radical (unpaired) electrons. The summed E-state index contributed by atoms with van der Waals surface area (Å²) in [4.78, 5) is 24.6. The number of nitrogens with one attached hydrogen (secondary N) is 1. The Morgan fingerprint density at radius 2 is 0.627 bits per heavy atom. The van der Waals surface area contributed by atoms with Crippen LogP contribution in [0.1, 0.15) is 393 Å². The molecule has 3 N–H and O–H groups in total. The van der Waals surface area contributed by atoms with Crippen molar-refractivity contribution < 1.29 is 24.5 Å². The van der Waals surface area contributed by atoms with Gasteiger partial charge in [0, 0.05) is 12.8 Å². The third kappa shape index (κ3) is 61.7. The minimum atomic E-state index is -0.663. The molecule has 0 saturated heterocycles. The Hall–Kier alpha value is -1.40. The second kappa shape index (κ2) is 65.1. The predicted octanol–water partition coefficient (Wildman–Crippen LogP) is 22.0. The fraction of sp³-hybridized carbons (Fsp3) is 0.942. The number of carbonyl (C=O) groups excluding carboxylic acids is 2. The van der Waals surface area contributed by atoms with E-state index in [1.54, 1.807) is 0 Å². The normalized spacial score (nSPS) is 12.5. The van der Waals surface area contributed by atoms with Crippen LogP contribution in [0.5, 0.6) is 0 Å². The fourth-order valence-electron chi connectivity index (χ4n) is 11.1. The van der Waals surface area contributed by atoms with Gasteiger partial charge in [-0.05, 0) is 51.4 Å². The van der Waals surface area contributed by atoms with Gasteiger partial charge in [0.15, 0.2) is 0 Å². The van der Waals surface area contributed by atoms with E-state index in [9.17, 15) is 19.8 Å². The van der Waals surface area contributed by atoms with Crippen molar-refractivity contribution in [3.8, 4) is 0 Å². The molecule has 0 aromatic heterocycles. The average Bonchev–Trinajstić information content (AvgIpc) is 3.41. The molecule has 75 heavy (non-hydrogen) atoms. The molecule has 0 aliphatic carbocycles. The third-order valence-electron chi connectivity index (χ3n) is 16.3. The largest absolute Gasteiger partial charge is 0.466 e. The van der Waals surface area contributed by atoms with Crippen LogP contribution in [0.2, 0.25) is 0 Å². The van der Waals surface area contributed by atoms with Crippen LogP contribution in [0.4, 0.5) is 0 Å². The minimum Gasteiger partial charge on any atom is -0.466 e. The van der Waals surface area contributed by atoms with Crippen LogP contribution in [-0.4, -0.2) is 47.4 Å². The van der Waals surface area contributed by atoms with Gasteiger partial charge in [-0.15, -0.1) is 0 Å². The summed E-state index contributed by atoms with van der Waals surface area (Å²) < 4.78 is 5.51. The zero-order valence-electron chi connectivity index (χ0n) is 51.1. The molecule has 2 unspecified atom stereocenters. The van der Waals surface area contributed by atoms with Crippen molar-refractivity contribution >= 4 is 11.9 Å². The van der Waals surface area contributed by atoms with Gasteiger partial charge in [0.25, 0.3) is 0 Å². The highest BCUT2D eigenvalue weighted by atomic mass is 16.5. The molecular formula is C69H135NO5. The molecule has 0 rings (SSSR count). The van der Waals surface area contributed by atoms with Crippen molar-refractivity contribution in [3.05, 3.63) is 12.2 Å². The first-order chi connectivity index (χ1) is 37.0. The zero-order valence-corrected chi connectivity index (χ0v) is 51.1. The SMILES string of the molecule is CCCCCCCC/C=C\CCCCCCCCCCCC(=O)OCCCCCCCCCCCCCCCCCCCCCCCCCCC(=O)NC(CO)C(O)CCCCCCCCCCCCCCCCC. The van der Waals surface area contributed by atoms with Gasteiger partial charge < -0.3 is 20.3 Å². The molecule has 0 aliphatic rings. The van der Waals surface area contributed by atoms with Crippen LogP contribution in [0.25, 0.3) is 0 Å². The summed E-state index contributed by atoms with van der Waals surface area (Å²) in [6.45, 7) is 4.98. The molecule has 2 atom stereocenters. The second-order valence-corrected chi connectivity index (χ2v) is 23.9. The van der Waals surface area contributed by atoms with Gasteiger partial charge in [0.2, 0.25) is 5.91 Å². The summed E-state index contributed by atoms with van der Waals surface area (Å²) in [6.07, 6.45) is 79.6. The van der Waals surface area contributed by atoms with Crippen LogP contribution in [0, 0.1) is 0 Å². The van der Waals surface area contributed by atoms with Gasteiger partial charge >= 0.3 is 5.97 Å². The molecule has 1 amide bonds. The maximum absolute atomic E-state index is 12.5. The van der Waals surface area contributed by atoms with Crippen molar-refractivity contribution in [3.63, 3.8) is 0 Å². The monoisotopic (exact) mass is 1060 g/mol. The number of carbonyl (C=O) groups is 2. The second-order valence-electron chi connectivity index (χ2n) is 23.9. The van der Waals surface area contributed by atoms with E-state index in [0.717, 1.165) is 38.5 Å². The molecular weight excluding hydrogens is 923 g/mol. The minimum absolute atomic E-state index is 0.0161. The van der Waals surface area contributed by atoms with Crippen molar-refractivity contribution in [1.29, 1.82) is 0 Å². The van der Waals surface area contributed by atoms with Gasteiger partial charge in [-0.2, -0.15) is 0 Å². The molecule has 0 bridgehead atoms. The molecule has 0 heterocycles. The molecule has 0 spiro atoms. The van der Waals surface area contributed by atoms with E-state index in [1.165, 1.54) is 321 Å². The Bertz CT molecular complexity index is 1130. The number of esters is 1. The summed E-state index contributed by atoms with van der Waals surface area (Å²) in [5.74, 6) is -0.0146. The van der Waals surface area contributed by atoms with Crippen LogP contribution < -0.4 is 5.32 Å². The van der Waals surface area contributed by atoms with Crippen molar-refractivity contribution in [2.24, 2.45) is 0 Å². The van der Waals surface area contributed by atoms with Crippen LogP contribution in [0.3, 0.4) is 0 Å².